The average molecular weight is 498 g/mol. The van der Waals surface area contributed by atoms with E-state index in [4.69, 9.17) is 11.6 Å². The smallest absolute Gasteiger partial charge is 0.242 e. The molecule has 0 radical (unpaired) electrons. The first-order chi connectivity index (χ1) is 15.6. The van der Waals surface area contributed by atoms with Crippen LogP contribution in [-0.4, -0.2) is 51.0 Å². The summed E-state index contributed by atoms with van der Waals surface area (Å²) in [7, 11) is -2.11. The minimum Gasteiger partial charge on any atom is -0.357 e. The zero-order chi connectivity index (χ0) is 24.6. The van der Waals surface area contributed by atoms with Gasteiger partial charge in [-0.1, -0.05) is 30.7 Å². The fourth-order valence-corrected chi connectivity index (χ4v) is 4.58. The molecular weight excluding hydrogens is 469 g/mol. The van der Waals surface area contributed by atoms with Crippen molar-refractivity contribution < 1.29 is 22.4 Å². The Balaban J connectivity index is 2.17. The number of carbonyl (C=O) groups excluding carboxylic acids is 2. The molecule has 2 aromatic carbocycles. The number of carbonyl (C=O) groups is 2. The van der Waals surface area contributed by atoms with Crippen LogP contribution in [0.5, 0.6) is 0 Å². The first-order valence-corrected chi connectivity index (χ1v) is 12.8. The Morgan fingerprint density at radius 3 is 2.21 bits per heavy atom. The van der Waals surface area contributed by atoms with E-state index >= 15 is 0 Å². The minimum atomic E-state index is -3.63. The lowest BCUT2D eigenvalue weighted by atomic mass is 10.1. The van der Waals surface area contributed by atoms with E-state index in [0.29, 0.717) is 17.1 Å². The van der Waals surface area contributed by atoms with Crippen molar-refractivity contribution in [2.45, 2.75) is 38.8 Å². The maximum absolute atomic E-state index is 13.2. The molecule has 1 N–H and O–H groups in total. The van der Waals surface area contributed by atoms with Gasteiger partial charge >= 0.3 is 0 Å². The first-order valence-electron chi connectivity index (χ1n) is 10.6. The Morgan fingerprint density at radius 2 is 1.70 bits per heavy atom. The maximum atomic E-state index is 13.2. The number of halogens is 2. The van der Waals surface area contributed by atoms with Crippen molar-refractivity contribution in [1.29, 1.82) is 0 Å². The third-order valence-corrected chi connectivity index (χ3v) is 6.61. The van der Waals surface area contributed by atoms with E-state index in [0.717, 1.165) is 16.1 Å². The third kappa shape index (κ3) is 7.71. The van der Waals surface area contributed by atoms with E-state index in [9.17, 15) is 22.4 Å². The quantitative estimate of drug-likeness (QED) is 0.514. The fourth-order valence-electron chi connectivity index (χ4n) is 3.48. The molecule has 1 atom stereocenters. The van der Waals surface area contributed by atoms with Crippen molar-refractivity contribution >= 4 is 39.1 Å². The standard InChI is InChI=1S/C23H29ClFN3O4S/c1-4-21(23(30)26-2)27(16-17-7-9-18(24)10-8-17)22(29)6-5-15-28(33(3,31)32)20-13-11-19(25)12-14-20/h7-14,21H,4-6,15-16H2,1-3H3,(H,26,30)/t21-/m1/s1. The molecule has 0 bridgehead atoms. The van der Waals surface area contributed by atoms with Crippen LogP contribution < -0.4 is 9.62 Å². The van der Waals surface area contributed by atoms with E-state index < -0.39 is 21.9 Å². The van der Waals surface area contributed by atoms with Gasteiger partial charge in [0.2, 0.25) is 21.8 Å². The summed E-state index contributed by atoms with van der Waals surface area (Å²) < 4.78 is 38.9. The Bertz CT molecular complexity index is 1050. The van der Waals surface area contributed by atoms with Crippen LogP contribution in [0.3, 0.4) is 0 Å². The van der Waals surface area contributed by atoms with Gasteiger partial charge in [-0.05, 0) is 54.8 Å². The largest absolute Gasteiger partial charge is 0.357 e. The molecule has 0 aliphatic rings. The number of sulfonamides is 1. The highest BCUT2D eigenvalue weighted by Crippen LogP contribution is 2.20. The molecule has 0 heterocycles. The molecule has 2 rings (SSSR count). The van der Waals surface area contributed by atoms with Crippen LogP contribution in [0.2, 0.25) is 5.02 Å². The predicted octanol–water partition coefficient (Wildman–Crippen LogP) is 3.58. The van der Waals surface area contributed by atoms with Crippen LogP contribution in [0.25, 0.3) is 0 Å². The van der Waals surface area contributed by atoms with Crippen molar-refractivity contribution in [2.24, 2.45) is 0 Å². The second kappa shape index (κ2) is 12.0. The number of nitrogens with one attached hydrogen (secondary N) is 1. The Kier molecular flexibility index (Phi) is 9.67. The van der Waals surface area contributed by atoms with Crippen LogP contribution in [0, 0.1) is 5.82 Å². The Morgan fingerprint density at radius 1 is 1.09 bits per heavy atom. The number of hydrogen-bond acceptors (Lipinski definition) is 4. The highest BCUT2D eigenvalue weighted by atomic mass is 35.5. The number of likely N-dealkylation sites (N-methyl/N-ethyl adjacent to an activating group) is 1. The maximum Gasteiger partial charge on any atom is 0.242 e. The summed E-state index contributed by atoms with van der Waals surface area (Å²) in [5.74, 6) is -1.02. The van der Waals surface area contributed by atoms with E-state index in [2.05, 4.69) is 5.32 Å². The molecule has 0 spiro atoms. The first kappa shape index (κ1) is 26.6. The zero-order valence-corrected chi connectivity index (χ0v) is 20.5. The molecule has 33 heavy (non-hydrogen) atoms. The van der Waals surface area contributed by atoms with Crippen molar-refractivity contribution in [2.75, 3.05) is 24.2 Å². The van der Waals surface area contributed by atoms with Gasteiger partial charge in [-0.2, -0.15) is 0 Å². The predicted molar refractivity (Wildman–Crippen MR) is 128 cm³/mol. The molecule has 0 fully saturated rings. The van der Waals surface area contributed by atoms with Crippen molar-refractivity contribution in [3.63, 3.8) is 0 Å². The summed E-state index contributed by atoms with van der Waals surface area (Å²) in [6, 6.07) is 11.5. The number of benzene rings is 2. The summed E-state index contributed by atoms with van der Waals surface area (Å²) in [5, 5.41) is 3.16. The second-order valence-electron chi connectivity index (χ2n) is 7.60. The molecule has 0 aliphatic carbocycles. The van der Waals surface area contributed by atoms with Crippen molar-refractivity contribution in [3.05, 3.63) is 64.9 Å². The van der Waals surface area contributed by atoms with E-state index in [1.54, 1.807) is 24.3 Å². The van der Waals surface area contributed by atoms with Gasteiger partial charge < -0.3 is 10.2 Å². The second-order valence-corrected chi connectivity index (χ2v) is 9.94. The molecule has 0 aromatic heterocycles. The molecule has 0 unspecified atom stereocenters. The number of rotatable bonds is 11. The third-order valence-electron chi connectivity index (χ3n) is 5.17. The molecule has 0 saturated carbocycles. The lowest BCUT2D eigenvalue weighted by Gasteiger charge is -2.30. The normalized spacial score (nSPS) is 12.2. The van der Waals surface area contributed by atoms with Crippen LogP contribution in [0.15, 0.2) is 48.5 Å². The molecular formula is C23H29ClFN3O4S. The Hall–Kier alpha value is -2.65. The number of anilines is 1. The molecule has 2 amide bonds. The van der Waals surface area contributed by atoms with Crippen LogP contribution in [0.1, 0.15) is 31.7 Å². The highest BCUT2D eigenvalue weighted by Gasteiger charge is 2.28. The van der Waals surface area contributed by atoms with Crippen molar-refractivity contribution in [1.82, 2.24) is 10.2 Å². The lowest BCUT2D eigenvalue weighted by molar-refractivity contribution is -0.141. The van der Waals surface area contributed by atoms with Crippen LogP contribution in [-0.2, 0) is 26.2 Å². The highest BCUT2D eigenvalue weighted by molar-refractivity contribution is 7.92. The molecule has 0 aliphatic heterocycles. The van der Waals surface area contributed by atoms with Gasteiger partial charge in [-0.25, -0.2) is 12.8 Å². The molecule has 10 heteroatoms. The van der Waals surface area contributed by atoms with Gasteiger partial charge in [0.15, 0.2) is 0 Å². The number of amides is 2. The summed E-state index contributed by atoms with van der Waals surface area (Å²) in [6.45, 7) is 2.08. The monoisotopic (exact) mass is 497 g/mol. The average Bonchev–Trinajstić information content (AvgIpc) is 2.77. The van der Waals surface area contributed by atoms with Gasteiger partial charge in [0.05, 0.1) is 11.9 Å². The summed E-state index contributed by atoms with van der Waals surface area (Å²) >= 11 is 5.95. The molecule has 7 nitrogen and oxygen atoms in total. The van der Waals surface area contributed by atoms with E-state index in [1.807, 2.05) is 6.92 Å². The van der Waals surface area contributed by atoms with Gasteiger partial charge in [0, 0.05) is 31.6 Å². The number of nitrogens with zero attached hydrogens (tertiary/aromatic N) is 2. The number of hydrogen-bond donors (Lipinski definition) is 1. The topological polar surface area (TPSA) is 86.8 Å². The van der Waals surface area contributed by atoms with E-state index in [1.165, 1.54) is 36.2 Å². The fraction of sp³-hybridized carbons (Fsp3) is 0.391. The van der Waals surface area contributed by atoms with Gasteiger partial charge in [0.1, 0.15) is 11.9 Å². The summed E-state index contributed by atoms with van der Waals surface area (Å²) in [5.41, 5.74) is 1.14. The zero-order valence-electron chi connectivity index (χ0n) is 18.9. The van der Waals surface area contributed by atoms with Gasteiger partial charge in [-0.15, -0.1) is 0 Å². The van der Waals surface area contributed by atoms with Gasteiger partial charge in [0.25, 0.3) is 0 Å². The van der Waals surface area contributed by atoms with E-state index in [-0.39, 0.29) is 37.7 Å². The molecule has 0 saturated heterocycles. The van der Waals surface area contributed by atoms with Gasteiger partial charge in [-0.3, -0.25) is 13.9 Å². The Labute approximate surface area is 199 Å². The summed E-state index contributed by atoms with van der Waals surface area (Å²) in [6.07, 6.45) is 1.74. The lowest BCUT2D eigenvalue weighted by Crippen LogP contribution is -2.48. The van der Waals surface area contributed by atoms with Crippen LogP contribution >= 0.6 is 11.6 Å². The van der Waals surface area contributed by atoms with Crippen molar-refractivity contribution in [3.8, 4) is 0 Å². The molecule has 2 aromatic rings. The SMILES string of the molecule is CC[C@H](C(=O)NC)N(Cc1ccc(Cl)cc1)C(=O)CCCN(c1ccc(F)cc1)S(C)(=O)=O. The summed E-state index contributed by atoms with van der Waals surface area (Å²) in [4.78, 5) is 27.1. The molecule has 180 valence electrons. The van der Waals surface area contributed by atoms with Crippen LogP contribution in [0.4, 0.5) is 10.1 Å². The minimum absolute atomic E-state index is 0.0360.